The number of hydrogen-bond donors (Lipinski definition) is 1. The zero-order valence-electron chi connectivity index (χ0n) is 18.2. The zero-order valence-corrected chi connectivity index (χ0v) is 18.2. The average molecular weight is 452 g/mol. The van der Waals surface area contributed by atoms with Gasteiger partial charge in [-0.05, 0) is 58.7 Å². The third-order valence-electron chi connectivity index (χ3n) is 6.14. The molecule has 4 aromatic rings. The van der Waals surface area contributed by atoms with Gasteiger partial charge >= 0.3 is 0 Å². The van der Waals surface area contributed by atoms with Crippen LogP contribution in [0.25, 0.3) is 16.5 Å². The summed E-state index contributed by atoms with van der Waals surface area (Å²) in [5.41, 5.74) is 2.03. The first-order valence-corrected chi connectivity index (χ1v) is 10.9. The molecular formula is C28H21FN2O3. The molecule has 2 heterocycles. The van der Waals surface area contributed by atoms with Gasteiger partial charge in [-0.1, -0.05) is 48.5 Å². The maximum Gasteiger partial charge on any atom is 0.295 e. The van der Waals surface area contributed by atoms with Gasteiger partial charge in [-0.2, -0.15) is 0 Å². The zero-order chi connectivity index (χ0) is 23.7. The van der Waals surface area contributed by atoms with Crippen molar-refractivity contribution in [3.05, 3.63) is 119 Å². The van der Waals surface area contributed by atoms with E-state index in [2.05, 4.69) is 4.98 Å². The molecule has 1 N–H and O–H groups in total. The van der Waals surface area contributed by atoms with Crippen molar-refractivity contribution in [3.63, 3.8) is 0 Å². The topological polar surface area (TPSA) is 70.5 Å². The Hall–Kier alpha value is -4.32. The Morgan fingerprint density at radius 2 is 1.62 bits per heavy atom. The number of halogens is 1. The number of aliphatic hydroxyl groups excluding tert-OH is 1. The molecule has 1 saturated heterocycles. The van der Waals surface area contributed by atoms with E-state index >= 15 is 0 Å². The second-order valence-electron chi connectivity index (χ2n) is 8.21. The van der Waals surface area contributed by atoms with Gasteiger partial charge in [-0.15, -0.1) is 0 Å². The van der Waals surface area contributed by atoms with Crippen LogP contribution in [-0.4, -0.2) is 33.2 Å². The van der Waals surface area contributed by atoms with Crippen LogP contribution in [0.1, 0.15) is 22.7 Å². The van der Waals surface area contributed by atoms with Crippen LogP contribution < -0.4 is 0 Å². The van der Waals surface area contributed by atoms with E-state index < -0.39 is 17.7 Å². The molecule has 1 aliphatic rings. The second-order valence-corrected chi connectivity index (χ2v) is 8.21. The van der Waals surface area contributed by atoms with Crippen molar-refractivity contribution >= 4 is 28.2 Å². The molecule has 1 aliphatic heterocycles. The van der Waals surface area contributed by atoms with Crippen LogP contribution in [0.5, 0.6) is 0 Å². The summed E-state index contributed by atoms with van der Waals surface area (Å²) in [6, 6.07) is 21.9. The van der Waals surface area contributed by atoms with Gasteiger partial charge in [-0.25, -0.2) is 4.39 Å². The smallest absolute Gasteiger partial charge is 0.295 e. The number of rotatable bonds is 5. The number of nitrogens with zero attached hydrogens (tertiary/aromatic N) is 2. The summed E-state index contributed by atoms with van der Waals surface area (Å²) in [5.74, 6) is -1.95. The highest BCUT2D eigenvalue weighted by Gasteiger charge is 2.45. The number of likely N-dealkylation sites (tertiary alicyclic amines) is 1. The van der Waals surface area contributed by atoms with E-state index in [1.807, 2.05) is 30.3 Å². The highest BCUT2D eigenvalue weighted by Crippen LogP contribution is 2.39. The van der Waals surface area contributed by atoms with Gasteiger partial charge in [0, 0.05) is 24.5 Å². The molecule has 1 atom stereocenters. The van der Waals surface area contributed by atoms with E-state index in [1.165, 1.54) is 17.0 Å². The number of carbonyl (C=O) groups is 2. The molecular weight excluding hydrogens is 431 g/mol. The standard InChI is InChI=1S/C28H21FN2O3/c29-23-9-5-18(6-10-23)13-16-31-25(20-11-14-30-15-12-20)24(27(33)28(31)34)26(32)22-8-7-19-3-1-2-4-21(19)17-22/h1-12,14-15,17,25,32H,13,16H2/b26-24-. The van der Waals surface area contributed by atoms with E-state index in [0.717, 1.165) is 16.3 Å². The monoisotopic (exact) mass is 452 g/mol. The Morgan fingerprint density at radius 3 is 2.35 bits per heavy atom. The maximum absolute atomic E-state index is 13.3. The lowest BCUT2D eigenvalue weighted by atomic mass is 9.95. The highest BCUT2D eigenvalue weighted by atomic mass is 19.1. The number of ketones is 1. The Balaban J connectivity index is 1.57. The van der Waals surface area contributed by atoms with Crippen molar-refractivity contribution in [2.45, 2.75) is 12.5 Å². The third-order valence-corrected chi connectivity index (χ3v) is 6.14. The summed E-state index contributed by atoms with van der Waals surface area (Å²) in [6.07, 6.45) is 3.61. The molecule has 3 aromatic carbocycles. The summed E-state index contributed by atoms with van der Waals surface area (Å²) in [5, 5.41) is 13.2. The molecule has 6 heteroatoms. The van der Waals surface area contributed by atoms with Crippen LogP contribution in [-0.2, 0) is 16.0 Å². The van der Waals surface area contributed by atoms with Gasteiger partial charge in [-0.3, -0.25) is 14.6 Å². The van der Waals surface area contributed by atoms with Crippen LogP contribution in [0.4, 0.5) is 4.39 Å². The molecule has 0 aliphatic carbocycles. The van der Waals surface area contributed by atoms with Gasteiger partial charge in [0.25, 0.3) is 11.7 Å². The van der Waals surface area contributed by atoms with Crippen molar-refractivity contribution in [2.75, 3.05) is 6.54 Å². The first-order valence-electron chi connectivity index (χ1n) is 10.9. The van der Waals surface area contributed by atoms with E-state index in [-0.39, 0.29) is 23.7 Å². The molecule has 1 unspecified atom stereocenters. The quantitative estimate of drug-likeness (QED) is 0.262. The second kappa shape index (κ2) is 8.90. The van der Waals surface area contributed by atoms with E-state index in [9.17, 15) is 19.1 Å². The summed E-state index contributed by atoms with van der Waals surface area (Å²) in [7, 11) is 0. The summed E-state index contributed by atoms with van der Waals surface area (Å²) >= 11 is 0. The molecule has 5 rings (SSSR count). The summed E-state index contributed by atoms with van der Waals surface area (Å²) in [4.78, 5) is 31.7. The largest absolute Gasteiger partial charge is 0.507 e. The summed E-state index contributed by atoms with van der Waals surface area (Å²) < 4.78 is 13.3. The molecule has 1 amide bonds. The minimum absolute atomic E-state index is 0.0468. The summed E-state index contributed by atoms with van der Waals surface area (Å²) in [6.45, 7) is 0.234. The van der Waals surface area contributed by atoms with Crippen LogP contribution in [0.2, 0.25) is 0 Å². The van der Waals surface area contributed by atoms with Crippen LogP contribution >= 0.6 is 0 Å². The first kappa shape index (κ1) is 21.5. The third kappa shape index (κ3) is 3.94. The van der Waals surface area contributed by atoms with Crippen molar-refractivity contribution < 1.29 is 19.1 Å². The number of pyridine rings is 1. The lowest BCUT2D eigenvalue weighted by Crippen LogP contribution is -2.31. The molecule has 168 valence electrons. The minimum atomic E-state index is -0.755. The van der Waals surface area contributed by atoms with Gasteiger partial charge in [0.2, 0.25) is 0 Å². The van der Waals surface area contributed by atoms with Gasteiger partial charge in [0.1, 0.15) is 11.6 Å². The number of fused-ring (bicyclic) bond motifs is 1. The Labute approximate surface area is 195 Å². The number of hydrogen-bond acceptors (Lipinski definition) is 4. The number of benzene rings is 3. The molecule has 1 aromatic heterocycles. The number of amides is 1. The fourth-order valence-electron chi connectivity index (χ4n) is 4.40. The van der Waals surface area contributed by atoms with E-state index in [1.54, 1.807) is 48.8 Å². The van der Waals surface area contributed by atoms with Crippen molar-refractivity contribution in [2.24, 2.45) is 0 Å². The molecule has 1 fully saturated rings. The van der Waals surface area contributed by atoms with Crippen LogP contribution in [0, 0.1) is 5.82 Å². The number of Topliss-reactive ketones (excluding diaryl/α,β-unsaturated/α-hetero) is 1. The van der Waals surface area contributed by atoms with Crippen molar-refractivity contribution in [1.82, 2.24) is 9.88 Å². The van der Waals surface area contributed by atoms with Crippen molar-refractivity contribution in [1.29, 1.82) is 0 Å². The fourth-order valence-corrected chi connectivity index (χ4v) is 4.40. The predicted octanol–water partition coefficient (Wildman–Crippen LogP) is 5.04. The van der Waals surface area contributed by atoms with Crippen molar-refractivity contribution in [3.8, 4) is 0 Å². The SMILES string of the molecule is O=C1C(=O)N(CCc2ccc(F)cc2)C(c2ccncc2)/C1=C(/O)c1ccc2ccccc2c1. The first-order chi connectivity index (χ1) is 16.5. The molecule has 0 spiro atoms. The normalized spacial score (nSPS) is 17.4. The van der Waals surface area contributed by atoms with Crippen LogP contribution in [0.15, 0.2) is 96.8 Å². The number of carbonyl (C=O) groups excluding carboxylic acids is 2. The molecule has 5 nitrogen and oxygen atoms in total. The molecule has 34 heavy (non-hydrogen) atoms. The number of aromatic nitrogens is 1. The van der Waals surface area contributed by atoms with Gasteiger partial charge < -0.3 is 10.0 Å². The van der Waals surface area contributed by atoms with Gasteiger partial charge in [0.15, 0.2) is 0 Å². The van der Waals surface area contributed by atoms with Crippen LogP contribution in [0.3, 0.4) is 0 Å². The fraction of sp³-hybridized carbons (Fsp3) is 0.107. The lowest BCUT2D eigenvalue weighted by molar-refractivity contribution is -0.139. The molecule has 0 saturated carbocycles. The minimum Gasteiger partial charge on any atom is -0.507 e. The average Bonchev–Trinajstić information content (AvgIpc) is 3.13. The van der Waals surface area contributed by atoms with E-state index in [0.29, 0.717) is 17.5 Å². The number of aliphatic hydroxyl groups is 1. The van der Waals surface area contributed by atoms with Gasteiger partial charge in [0.05, 0.1) is 11.6 Å². The maximum atomic E-state index is 13.3. The Bertz CT molecular complexity index is 1410. The highest BCUT2D eigenvalue weighted by molar-refractivity contribution is 6.46. The lowest BCUT2D eigenvalue weighted by Gasteiger charge is -2.25. The predicted molar refractivity (Wildman–Crippen MR) is 127 cm³/mol. The molecule has 0 bridgehead atoms. The molecule has 0 radical (unpaired) electrons. The Kier molecular flexibility index (Phi) is 5.64. The Morgan fingerprint density at radius 1 is 0.912 bits per heavy atom. The van der Waals surface area contributed by atoms with E-state index in [4.69, 9.17) is 0 Å².